The highest BCUT2D eigenvalue weighted by Crippen LogP contribution is 2.39. The van der Waals surface area contributed by atoms with E-state index < -0.39 is 42.5 Å². The summed E-state index contributed by atoms with van der Waals surface area (Å²) in [4.78, 5) is 12.1. The van der Waals surface area contributed by atoms with Crippen molar-refractivity contribution in [2.75, 3.05) is 0 Å². The van der Waals surface area contributed by atoms with Crippen LogP contribution in [0.25, 0.3) is 0 Å². The molecule has 3 rings (SSSR count). The van der Waals surface area contributed by atoms with Gasteiger partial charge in [-0.3, -0.25) is 0 Å². The maximum Gasteiger partial charge on any atom is 0.338 e. The lowest BCUT2D eigenvalue weighted by Gasteiger charge is -2.26. The van der Waals surface area contributed by atoms with E-state index in [1.807, 2.05) is 6.07 Å². The summed E-state index contributed by atoms with van der Waals surface area (Å²) in [5, 5.41) is 9.93. The van der Waals surface area contributed by atoms with Crippen LogP contribution in [0.15, 0.2) is 30.3 Å². The Hall–Kier alpha value is -1.47. The zero-order valence-corrected chi connectivity index (χ0v) is 12.8. The summed E-state index contributed by atoms with van der Waals surface area (Å²) in [6, 6.07) is 8.72. The van der Waals surface area contributed by atoms with Gasteiger partial charge in [-0.1, -0.05) is 18.2 Å². The molecule has 120 valence electrons. The Kier molecular flexibility index (Phi) is 3.94. The molecular weight excluding hydrogens is 288 g/mol. The minimum atomic E-state index is -1.09. The number of carbonyl (C=O) groups excluding carboxylic acids is 1. The first kappa shape index (κ1) is 15.4. The molecule has 1 unspecified atom stereocenters. The molecule has 2 heterocycles. The lowest BCUT2D eigenvalue weighted by atomic mass is 10.1. The van der Waals surface area contributed by atoms with Gasteiger partial charge in [0, 0.05) is 0 Å². The van der Waals surface area contributed by atoms with Crippen LogP contribution in [0, 0.1) is 0 Å². The smallest absolute Gasteiger partial charge is 0.338 e. The van der Waals surface area contributed by atoms with E-state index in [0.29, 0.717) is 5.56 Å². The maximum absolute atomic E-state index is 12.1. The summed E-state index contributed by atoms with van der Waals surface area (Å²) in [5.41, 5.74) is 0.466. The minimum Gasteiger partial charge on any atom is -0.456 e. The fourth-order valence-electron chi connectivity index (χ4n) is 2.86. The summed E-state index contributed by atoms with van der Waals surface area (Å²) in [5.74, 6) is -1.23. The quantitative estimate of drug-likeness (QED) is 0.852. The van der Waals surface area contributed by atoms with Crippen molar-refractivity contribution in [1.82, 2.24) is 0 Å². The lowest BCUT2D eigenvalue weighted by molar-refractivity contribution is -0.229. The highest BCUT2D eigenvalue weighted by atomic mass is 16.8. The molecule has 0 saturated carbocycles. The first-order valence-corrected chi connectivity index (χ1v) is 7.32. The third-order valence-corrected chi connectivity index (χ3v) is 3.83. The van der Waals surface area contributed by atoms with Crippen LogP contribution in [0.4, 0.5) is 0 Å². The predicted octanol–water partition coefficient (Wildman–Crippen LogP) is 1.47. The number of hydrogen-bond acceptors (Lipinski definition) is 6. The number of esters is 1. The molecule has 6 nitrogen and oxygen atoms in total. The van der Waals surface area contributed by atoms with Crippen molar-refractivity contribution in [2.45, 2.75) is 57.3 Å². The van der Waals surface area contributed by atoms with Gasteiger partial charge in [-0.2, -0.15) is 0 Å². The van der Waals surface area contributed by atoms with Gasteiger partial charge in [0.05, 0.1) is 5.56 Å². The summed E-state index contributed by atoms with van der Waals surface area (Å²) in [6.07, 6.45) is -3.28. The van der Waals surface area contributed by atoms with Crippen molar-refractivity contribution in [1.29, 1.82) is 0 Å². The second kappa shape index (κ2) is 5.62. The molecule has 0 amide bonds. The van der Waals surface area contributed by atoms with Crippen molar-refractivity contribution < 1.29 is 28.8 Å². The van der Waals surface area contributed by atoms with Crippen molar-refractivity contribution in [2.24, 2.45) is 0 Å². The fourth-order valence-corrected chi connectivity index (χ4v) is 2.86. The molecule has 2 aliphatic rings. The molecule has 0 radical (unpaired) electrons. The molecule has 0 bridgehead atoms. The Balaban J connectivity index is 1.68. The molecule has 0 aliphatic carbocycles. The van der Waals surface area contributed by atoms with E-state index in [-0.39, 0.29) is 0 Å². The molecule has 1 N–H and O–H groups in total. The van der Waals surface area contributed by atoms with Gasteiger partial charge in [-0.15, -0.1) is 0 Å². The van der Waals surface area contributed by atoms with E-state index in [1.54, 1.807) is 45.0 Å². The van der Waals surface area contributed by atoms with Gasteiger partial charge in [-0.05, 0) is 32.9 Å². The Bertz CT molecular complexity index is 543. The zero-order valence-electron chi connectivity index (χ0n) is 12.8. The molecular formula is C16H20O6. The van der Waals surface area contributed by atoms with E-state index >= 15 is 0 Å². The fraction of sp³-hybridized carbons (Fsp3) is 0.562. The van der Waals surface area contributed by atoms with Crippen LogP contribution < -0.4 is 0 Å². The zero-order chi connectivity index (χ0) is 15.9. The van der Waals surface area contributed by atoms with Crippen LogP contribution in [0.5, 0.6) is 0 Å². The number of hydrogen-bond donors (Lipinski definition) is 1. The number of aliphatic hydroxyl groups excluding tert-OH is 1. The average Bonchev–Trinajstić information content (AvgIpc) is 2.94. The van der Waals surface area contributed by atoms with Gasteiger partial charge in [0.25, 0.3) is 0 Å². The highest BCUT2D eigenvalue weighted by Gasteiger charge is 2.56. The molecule has 2 saturated heterocycles. The number of fused-ring (bicyclic) bond motifs is 1. The minimum absolute atomic E-state index is 0.437. The molecule has 1 aromatic carbocycles. The van der Waals surface area contributed by atoms with Gasteiger partial charge >= 0.3 is 5.97 Å². The van der Waals surface area contributed by atoms with E-state index in [1.165, 1.54) is 0 Å². The van der Waals surface area contributed by atoms with E-state index in [2.05, 4.69) is 0 Å². The third-order valence-electron chi connectivity index (χ3n) is 3.83. The molecule has 2 aliphatic heterocycles. The van der Waals surface area contributed by atoms with Gasteiger partial charge in [0.2, 0.25) is 0 Å². The van der Waals surface area contributed by atoms with Crippen LogP contribution in [-0.2, 0) is 18.9 Å². The summed E-state index contributed by atoms with van der Waals surface area (Å²) in [6.45, 7) is 5.26. The number of ether oxygens (including phenoxy) is 4. The molecule has 6 heteroatoms. The van der Waals surface area contributed by atoms with Crippen molar-refractivity contribution in [3.8, 4) is 0 Å². The Labute approximate surface area is 128 Å². The molecule has 5 atom stereocenters. The molecule has 0 aromatic heterocycles. The van der Waals surface area contributed by atoms with Crippen LogP contribution in [0.3, 0.4) is 0 Å². The lowest BCUT2D eigenvalue weighted by Crippen LogP contribution is -2.39. The first-order valence-electron chi connectivity index (χ1n) is 7.32. The van der Waals surface area contributed by atoms with E-state index in [4.69, 9.17) is 18.9 Å². The van der Waals surface area contributed by atoms with E-state index in [0.717, 1.165) is 0 Å². The number of carbonyl (C=O) groups is 1. The van der Waals surface area contributed by atoms with Crippen LogP contribution in [-0.4, -0.2) is 47.6 Å². The van der Waals surface area contributed by atoms with Crippen LogP contribution in [0.1, 0.15) is 31.1 Å². The first-order chi connectivity index (χ1) is 10.4. The number of benzene rings is 1. The second-order valence-corrected chi connectivity index (χ2v) is 6.03. The van der Waals surface area contributed by atoms with Gasteiger partial charge < -0.3 is 24.1 Å². The van der Waals surface area contributed by atoms with Crippen molar-refractivity contribution in [3.05, 3.63) is 35.9 Å². The average molecular weight is 308 g/mol. The molecule has 1 aromatic rings. The van der Waals surface area contributed by atoms with Crippen molar-refractivity contribution in [3.63, 3.8) is 0 Å². The predicted molar refractivity (Wildman–Crippen MR) is 76.0 cm³/mol. The van der Waals surface area contributed by atoms with Gasteiger partial charge in [-0.25, -0.2) is 4.79 Å². The number of rotatable bonds is 3. The van der Waals surface area contributed by atoms with Gasteiger partial charge in [0.1, 0.15) is 24.4 Å². The standard InChI is InChI=1S/C16H20O6/c1-9(19-14(17)10-7-5-4-6-8-10)11-12-13(15(18)20-11)22-16(2,3)21-12/h4-9,11-13,15,18H,1-3H3/t9-,11-,12-,13-,15?/m1/s1. The van der Waals surface area contributed by atoms with Crippen LogP contribution >= 0.6 is 0 Å². The molecule has 2 fully saturated rings. The maximum atomic E-state index is 12.1. The Morgan fingerprint density at radius 1 is 1.23 bits per heavy atom. The summed E-state index contributed by atoms with van der Waals surface area (Å²) < 4.78 is 22.3. The normalized spacial score (nSPS) is 34.2. The monoisotopic (exact) mass is 308 g/mol. The second-order valence-electron chi connectivity index (χ2n) is 6.03. The summed E-state index contributed by atoms with van der Waals surface area (Å²) >= 11 is 0. The Morgan fingerprint density at radius 2 is 1.86 bits per heavy atom. The molecule has 0 spiro atoms. The highest BCUT2D eigenvalue weighted by molar-refractivity contribution is 5.89. The molecule has 22 heavy (non-hydrogen) atoms. The SMILES string of the molecule is C[C@@H](OC(=O)c1ccccc1)[C@H]1OC(O)[C@@H]2OC(C)(C)O[C@H]12. The topological polar surface area (TPSA) is 74.2 Å². The Morgan fingerprint density at radius 3 is 2.55 bits per heavy atom. The largest absolute Gasteiger partial charge is 0.456 e. The van der Waals surface area contributed by atoms with Crippen molar-refractivity contribution >= 4 is 5.97 Å². The summed E-state index contributed by atoms with van der Waals surface area (Å²) in [7, 11) is 0. The van der Waals surface area contributed by atoms with E-state index in [9.17, 15) is 9.90 Å². The van der Waals surface area contributed by atoms with Gasteiger partial charge in [0.15, 0.2) is 12.1 Å². The third kappa shape index (κ3) is 2.87. The van der Waals surface area contributed by atoms with Crippen LogP contribution in [0.2, 0.25) is 0 Å². The number of aliphatic hydroxyl groups is 1.